The summed E-state index contributed by atoms with van der Waals surface area (Å²) >= 11 is 0. The van der Waals surface area contributed by atoms with Crippen LogP contribution < -0.4 is 4.74 Å². The van der Waals surface area contributed by atoms with Gasteiger partial charge in [-0.1, -0.05) is 12.1 Å². The largest absolute Gasteiger partial charge is 0.494 e. The fourth-order valence-electron chi connectivity index (χ4n) is 3.63. The first kappa shape index (κ1) is 20.6. The Hall–Kier alpha value is -2.62. The first-order valence-electron chi connectivity index (χ1n) is 9.76. The summed E-state index contributed by atoms with van der Waals surface area (Å²) in [7, 11) is 0.615. The summed E-state index contributed by atoms with van der Waals surface area (Å²) in [6.07, 6.45) is 1.73. The molecule has 2 amide bonds. The Balaban J connectivity index is 1.56. The maximum Gasteiger partial charge on any atom is 0.261 e. The number of aryl methyl sites for hydroxylation is 1. The van der Waals surface area contributed by atoms with E-state index in [2.05, 4.69) is 4.98 Å². The lowest BCUT2D eigenvalue weighted by Gasteiger charge is -2.14. The van der Waals surface area contributed by atoms with Gasteiger partial charge in [-0.15, -0.1) is 0 Å². The number of carbonyl (C=O) groups is 2. The van der Waals surface area contributed by atoms with E-state index in [4.69, 9.17) is 4.74 Å². The Bertz CT molecular complexity index is 1090. The van der Waals surface area contributed by atoms with E-state index in [1.54, 1.807) is 24.3 Å². The average molecular weight is 441 g/mol. The molecule has 0 N–H and O–H groups in total. The summed E-state index contributed by atoms with van der Waals surface area (Å²) < 4.78 is 18.3. The summed E-state index contributed by atoms with van der Waals surface area (Å²) in [4.78, 5) is 31.3. The molecule has 1 atom stereocenters. The lowest BCUT2D eigenvalue weighted by atomic mass is 10.1. The Morgan fingerprint density at radius 1 is 1.10 bits per heavy atom. The zero-order chi connectivity index (χ0) is 21.1. The molecule has 9 heteroatoms. The first-order chi connectivity index (χ1) is 14.6. The number of hydrogen-bond donors (Lipinski definition) is 0. The molecule has 1 unspecified atom stereocenters. The van der Waals surface area contributed by atoms with Crippen LogP contribution in [0, 0.1) is 0 Å². The lowest BCUT2D eigenvalue weighted by Crippen LogP contribution is -2.30. The van der Waals surface area contributed by atoms with E-state index in [-0.39, 0.29) is 26.5 Å². The van der Waals surface area contributed by atoms with Gasteiger partial charge in [0.1, 0.15) is 11.6 Å². The lowest BCUT2D eigenvalue weighted by molar-refractivity contribution is 0.0637. The Kier molecular flexibility index (Phi) is 6.21. The highest BCUT2D eigenvalue weighted by Crippen LogP contribution is 2.28. The van der Waals surface area contributed by atoms with Gasteiger partial charge in [0.2, 0.25) is 0 Å². The van der Waals surface area contributed by atoms with Crippen LogP contribution >= 0.6 is 16.4 Å². The minimum atomic E-state index is -0.285. The van der Waals surface area contributed by atoms with Crippen molar-refractivity contribution in [2.24, 2.45) is 0 Å². The number of benzene rings is 2. The number of imide groups is 1. The van der Waals surface area contributed by atoms with Crippen LogP contribution in [0.15, 0.2) is 42.5 Å². The van der Waals surface area contributed by atoms with E-state index in [1.807, 2.05) is 29.7 Å². The quantitative estimate of drug-likeness (QED) is 0.277. The maximum atomic E-state index is 12.7. The summed E-state index contributed by atoms with van der Waals surface area (Å²) in [5, 5.41) is 0. The minimum absolute atomic E-state index is 0.125. The monoisotopic (exact) mass is 441 g/mol. The van der Waals surface area contributed by atoms with Crippen LogP contribution in [0.5, 0.6) is 5.75 Å². The average Bonchev–Trinajstić information content (AvgIpc) is 3.23. The third kappa shape index (κ3) is 3.88. The third-order valence-electron chi connectivity index (χ3n) is 5.06. The van der Waals surface area contributed by atoms with Crippen LogP contribution in [0.1, 0.15) is 39.9 Å². The van der Waals surface area contributed by atoms with Crippen molar-refractivity contribution in [3.8, 4) is 5.75 Å². The zero-order valence-electron chi connectivity index (χ0n) is 16.5. The predicted octanol–water partition coefficient (Wildman–Crippen LogP) is 4.51. The minimum Gasteiger partial charge on any atom is -0.494 e. The second-order valence-corrected chi connectivity index (χ2v) is 9.36. The van der Waals surface area contributed by atoms with Gasteiger partial charge in [0, 0.05) is 12.6 Å². The van der Waals surface area contributed by atoms with E-state index in [9.17, 15) is 14.2 Å². The number of nitrogens with zero attached hydrogens (tertiary/aromatic N) is 3. The standard InChI is InChI=1S/C21H21N3O4P2/c1-2-23-18-12-14(28-10-5-11-29-30-27)8-9-17(18)22-19(23)13-24-20(25)15-6-3-4-7-16(15)21(24)26/h3-4,6-9,12,29H,2,5,10-11,13H2,1H3. The predicted molar refractivity (Wildman–Crippen MR) is 117 cm³/mol. The van der Waals surface area contributed by atoms with E-state index < -0.39 is 0 Å². The highest BCUT2D eigenvalue weighted by atomic mass is 32.0. The molecular weight excluding hydrogens is 420 g/mol. The SMILES string of the molecule is CCn1c(CN2C(=O)c3ccccc3C2=O)nc2ccc(OCCCPP=O)cc21. The molecule has 2 aromatic carbocycles. The molecule has 3 aromatic rings. The summed E-state index contributed by atoms with van der Waals surface area (Å²) in [6, 6.07) is 12.6. The normalized spacial score (nSPS) is 13.8. The molecule has 7 nitrogen and oxygen atoms in total. The Morgan fingerprint density at radius 2 is 1.83 bits per heavy atom. The molecule has 0 saturated heterocycles. The molecule has 4 rings (SSSR count). The van der Waals surface area contributed by atoms with Gasteiger partial charge < -0.3 is 9.30 Å². The second kappa shape index (κ2) is 9.03. The van der Waals surface area contributed by atoms with Crippen LogP contribution in [0.3, 0.4) is 0 Å². The molecule has 0 radical (unpaired) electrons. The number of aromatic nitrogens is 2. The van der Waals surface area contributed by atoms with Crippen molar-refractivity contribution < 1.29 is 18.9 Å². The highest BCUT2D eigenvalue weighted by Gasteiger charge is 2.36. The van der Waals surface area contributed by atoms with Crippen LogP contribution in [0.4, 0.5) is 0 Å². The molecule has 154 valence electrons. The van der Waals surface area contributed by atoms with E-state index >= 15 is 0 Å². The molecule has 1 aromatic heterocycles. The molecule has 2 heterocycles. The molecule has 1 aliphatic rings. The molecule has 30 heavy (non-hydrogen) atoms. The highest BCUT2D eigenvalue weighted by molar-refractivity contribution is 8.05. The number of ether oxygens (including phenoxy) is 1. The van der Waals surface area contributed by atoms with Crippen molar-refractivity contribution >= 4 is 39.3 Å². The van der Waals surface area contributed by atoms with Gasteiger partial charge in [0.25, 0.3) is 11.8 Å². The van der Waals surface area contributed by atoms with Crippen molar-refractivity contribution in [2.45, 2.75) is 26.4 Å². The fourth-order valence-corrected chi connectivity index (χ4v) is 4.77. The van der Waals surface area contributed by atoms with Crippen molar-refractivity contribution in [1.29, 1.82) is 0 Å². The number of imidazole rings is 1. The van der Waals surface area contributed by atoms with Crippen LogP contribution in [0.25, 0.3) is 11.0 Å². The molecule has 0 fully saturated rings. The fraction of sp³-hybridized carbons (Fsp3) is 0.286. The number of fused-ring (bicyclic) bond motifs is 2. The topological polar surface area (TPSA) is 81.5 Å². The molecule has 1 aliphatic heterocycles. The van der Waals surface area contributed by atoms with Gasteiger partial charge in [-0.3, -0.25) is 19.1 Å². The van der Waals surface area contributed by atoms with Gasteiger partial charge in [-0.25, -0.2) is 4.98 Å². The van der Waals surface area contributed by atoms with Crippen molar-refractivity contribution in [3.63, 3.8) is 0 Å². The Morgan fingerprint density at radius 3 is 2.50 bits per heavy atom. The zero-order valence-corrected chi connectivity index (χ0v) is 18.4. The molecular formula is C21H21N3O4P2. The van der Waals surface area contributed by atoms with Gasteiger partial charge >= 0.3 is 0 Å². The third-order valence-corrected chi connectivity index (χ3v) is 6.82. The van der Waals surface area contributed by atoms with E-state index in [0.717, 1.165) is 29.4 Å². The van der Waals surface area contributed by atoms with Crippen LogP contribution in [-0.4, -0.2) is 39.0 Å². The van der Waals surface area contributed by atoms with Crippen molar-refractivity contribution in [2.75, 3.05) is 12.8 Å². The molecule has 0 aliphatic carbocycles. The summed E-state index contributed by atoms with van der Waals surface area (Å²) in [5.74, 6) is 0.835. The molecule has 0 bridgehead atoms. The van der Waals surface area contributed by atoms with E-state index in [0.29, 0.717) is 38.4 Å². The van der Waals surface area contributed by atoms with Crippen LogP contribution in [-0.2, 0) is 17.7 Å². The Labute approximate surface area is 177 Å². The van der Waals surface area contributed by atoms with Gasteiger partial charge in [0.15, 0.2) is 8.15 Å². The number of hydrogen-bond acceptors (Lipinski definition) is 5. The second-order valence-electron chi connectivity index (χ2n) is 6.87. The first-order valence-corrected chi connectivity index (χ1v) is 12.6. The van der Waals surface area contributed by atoms with Crippen molar-refractivity contribution in [3.05, 3.63) is 59.4 Å². The van der Waals surface area contributed by atoms with Gasteiger partial charge in [0.05, 0.1) is 35.3 Å². The number of carbonyl (C=O) groups excluding carboxylic acids is 2. The summed E-state index contributed by atoms with van der Waals surface area (Å²) in [6.45, 7) is 3.35. The molecule has 0 saturated carbocycles. The van der Waals surface area contributed by atoms with Gasteiger partial charge in [-0.2, -0.15) is 0 Å². The number of rotatable bonds is 9. The summed E-state index contributed by atoms with van der Waals surface area (Å²) in [5.41, 5.74) is 2.58. The van der Waals surface area contributed by atoms with Crippen molar-refractivity contribution in [1.82, 2.24) is 14.5 Å². The van der Waals surface area contributed by atoms with E-state index in [1.165, 1.54) is 4.90 Å². The maximum absolute atomic E-state index is 12.7. The van der Waals surface area contributed by atoms with Crippen LogP contribution in [0.2, 0.25) is 0 Å². The number of amides is 2. The van der Waals surface area contributed by atoms with Gasteiger partial charge in [-0.05, 0) is 52.0 Å². The smallest absolute Gasteiger partial charge is 0.261 e. The molecule has 0 spiro atoms.